The van der Waals surface area contributed by atoms with Crippen molar-refractivity contribution in [1.82, 2.24) is 0 Å². The van der Waals surface area contributed by atoms with Crippen molar-refractivity contribution in [3.63, 3.8) is 0 Å². The molecule has 0 aromatic rings. The van der Waals surface area contributed by atoms with Gasteiger partial charge in [0.05, 0.1) is 0 Å². The monoisotopic (exact) mass is 326 g/mol. The van der Waals surface area contributed by atoms with Crippen molar-refractivity contribution in [2.24, 2.45) is 0 Å². The molecule has 0 rings (SSSR count). The van der Waals surface area contributed by atoms with E-state index < -0.39 is 0 Å². The first-order valence-electron chi connectivity index (χ1n) is 5.96. The number of hydrogen-bond acceptors (Lipinski definition) is 2. The summed E-state index contributed by atoms with van der Waals surface area (Å²) in [5, 5.41) is 0. The van der Waals surface area contributed by atoms with E-state index in [9.17, 15) is 4.79 Å². The maximum Gasteiger partial charge on any atom is 0.318 e. The summed E-state index contributed by atoms with van der Waals surface area (Å²) in [6.07, 6.45) is 7.05. The molecule has 0 aliphatic carbocycles. The highest BCUT2D eigenvalue weighted by atomic mass is 127. The zero-order chi connectivity index (χ0) is 11.7. The molecule has 0 N–H and O–H groups in total. The number of ether oxygens (including phenoxy) is 1. The molecule has 0 saturated heterocycles. The van der Waals surface area contributed by atoms with Crippen LogP contribution in [-0.2, 0) is 9.53 Å². The van der Waals surface area contributed by atoms with E-state index in [1.807, 2.05) is 6.92 Å². The molecule has 0 aliphatic heterocycles. The van der Waals surface area contributed by atoms with Crippen molar-refractivity contribution >= 4 is 28.6 Å². The summed E-state index contributed by atoms with van der Waals surface area (Å²) in [5.41, 5.74) is 0. The number of unbranched alkanes of at least 4 members (excludes halogenated alkanes) is 3. The molecule has 0 bridgehead atoms. The second-order valence-corrected chi connectivity index (χ2v) is 5.80. The van der Waals surface area contributed by atoms with Crippen molar-refractivity contribution in [3.8, 4) is 0 Å². The van der Waals surface area contributed by atoms with Crippen LogP contribution in [0.1, 0.15) is 59.3 Å². The smallest absolute Gasteiger partial charge is 0.318 e. The van der Waals surface area contributed by atoms with Gasteiger partial charge in [0.2, 0.25) is 0 Å². The standard InChI is InChI=1S/C12H23IO2/c1-4-6-7-8-9-11(5-2)15-12(14)10(3)13/h10-11H,4-9H2,1-3H3. The van der Waals surface area contributed by atoms with Crippen LogP contribution < -0.4 is 0 Å². The minimum Gasteiger partial charge on any atom is -0.462 e. The second-order valence-electron chi connectivity index (χ2n) is 3.93. The van der Waals surface area contributed by atoms with Gasteiger partial charge >= 0.3 is 5.97 Å². The summed E-state index contributed by atoms with van der Waals surface area (Å²) in [7, 11) is 0. The molecule has 3 heteroatoms. The molecule has 90 valence electrons. The molecule has 0 aliphatic rings. The van der Waals surface area contributed by atoms with E-state index in [1.54, 1.807) is 0 Å². The van der Waals surface area contributed by atoms with E-state index >= 15 is 0 Å². The fraction of sp³-hybridized carbons (Fsp3) is 0.917. The van der Waals surface area contributed by atoms with E-state index in [2.05, 4.69) is 36.4 Å². The summed E-state index contributed by atoms with van der Waals surface area (Å²) in [6, 6.07) is 0. The Kier molecular flexibility index (Phi) is 9.55. The maximum atomic E-state index is 11.4. The van der Waals surface area contributed by atoms with Gasteiger partial charge in [-0.1, -0.05) is 55.7 Å². The van der Waals surface area contributed by atoms with Gasteiger partial charge in [0.25, 0.3) is 0 Å². The lowest BCUT2D eigenvalue weighted by Gasteiger charge is -2.16. The molecule has 2 nitrogen and oxygen atoms in total. The molecule has 0 amide bonds. The van der Waals surface area contributed by atoms with Gasteiger partial charge in [-0.2, -0.15) is 0 Å². The van der Waals surface area contributed by atoms with Crippen molar-refractivity contribution < 1.29 is 9.53 Å². The van der Waals surface area contributed by atoms with Crippen molar-refractivity contribution in [2.45, 2.75) is 69.3 Å². The molecule has 0 aromatic carbocycles. The fourth-order valence-electron chi connectivity index (χ4n) is 1.40. The Bertz CT molecular complexity index is 169. The summed E-state index contributed by atoms with van der Waals surface area (Å²) in [5.74, 6) is -0.0714. The van der Waals surface area contributed by atoms with Crippen LogP contribution in [0.15, 0.2) is 0 Å². The van der Waals surface area contributed by atoms with E-state index in [0.717, 1.165) is 12.8 Å². The lowest BCUT2D eigenvalue weighted by Crippen LogP contribution is -2.22. The molecular formula is C12H23IO2. The van der Waals surface area contributed by atoms with Crippen LogP contribution in [0, 0.1) is 0 Å². The van der Waals surface area contributed by atoms with Crippen LogP contribution in [0.4, 0.5) is 0 Å². The molecule has 0 heterocycles. The Morgan fingerprint density at radius 2 is 1.93 bits per heavy atom. The predicted molar refractivity (Wildman–Crippen MR) is 72.4 cm³/mol. The van der Waals surface area contributed by atoms with Crippen LogP contribution in [0.25, 0.3) is 0 Å². The molecule has 0 fully saturated rings. The topological polar surface area (TPSA) is 26.3 Å². The summed E-state index contributed by atoms with van der Waals surface area (Å²) >= 11 is 2.09. The lowest BCUT2D eigenvalue weighted by molar-refractivity contribution is -0.148. The lowest BCUT2D eigenvalue weighted by atomic mass is 10.1. The third-order valence-electron chi connectivity index (χ3n) is 2.44. The first-order chi connectivity index (χ1) is 7.11. The zero-order valence-electron chi connectivity index (χ0n) is 10.1. The molecule has 0 aromatic heterocycles. The molecular weight excluding hydrogens is 303 g/mol. The van der Waals surface area contributed by atoms with E-state index in [-0.39, 0.29) is 16.0 Å². The van der Waals surface area contributed by atoms with Crippen molar-refractivity contribution in [2.75, 3.05) is 0 Å². The number of carbonyl (C=O) groups excluding carboxylic acids is 1. The van der Waals surface area contributed by atoms with Gasteiger partial charge in [-0.25, -0.2) is 0 Å². The van der Waals surface area contributed by atoms with Crippen LogP contribution in [0.2, 0.25) is 0 Å². The molecule has 0 radical (unpaired) electrons. The van der Waals surface area contributed by atoms with Crippen molar-refractivity contribution in [3.05, 3.63) is 0 Å². The molecule has 15 heavy (non-hydrogen) atoms. The van der Waals surface area contributed by atoms with E-state index in [0.29, 0.717) is 0 Å². The van der Waals surface area contributed by atoms with Crippen LogP contribution in [0.3, 0.4) is 0 Å². The van der Waals surface area contributed by atoms with Gasteiger partial charge in [0, 0.05) is 0 Å². The van der Waals surface area contributed by atoms with Gasteiger partial charge in [0.15, 0.2) is 0 Å². The van der Waals surface area contributed by atoms with Gasteiger partial charge in [-0.15, -0.1) is 0 Å². The number of halogens is 1. The Hall–Kier alpha value is 0.200. The second kappa shape index (κ2) is 9.43. The van der Waals surface area contributed by atoms with Crippen LogP contribution in [0.5, 0.6) is 0 Å². The molecule has 2 atom stereocenters. The predicted octanol–water partition coefficient (Wildman–Crippen LogP) is 4.10. The Labute approximate surface area is 107 Å². The SMILES string of the molecule is CCCCCCC(CC)OC(=O)C(C)I. The minimum atomic E-state index is -0.0714. The normalized spacial score (nSPS) is 14.7. The fourth-order valence-corrected chi connectivity index (χ4v) is 1.55. The van der Waals surface area contributed by atoms with Crippen LogP contribution in [-0.4, -0.2) is 16.0 Å². The third kappa shape index (κ3) is 8.05. The number of rotatable bonds is 8. The zero-order valence-corrected chi connectivity index (χ0v) is 12.2. The highest BCUT2D eigenvalue weighted by Crippen LogP contribution is 2.13. The quantitative estimate of drug-likeness (QED) is 0.290. The van der Waals surface area contributed by atoms with Crippen molar-refractivity contribution in [1.29, 1.82) is 0 Å². The summed E-state index contributed by atoms with van der Waals surface area (Å²) in [4.78, 5) is 11.4. The number of carbonyl (C=O) groups is 1. The van der Waals surface area contributed by atoms with Gasteiger partial charge < -0.3 is 4.74 Å². The Morgan fingerprint density at radius 3 is 2.40 bits per heavy atom. The number of esters is 1. The van der Waals surface area contributed by atoms with E-state index in [4.69, 9.17) is 4.74 Å². The highest BCUT2D eigenvalue weighted by Gasteiger charge is 2.15. The highest BCUT2D eigenvalue weighted by molar-refractivity contribution is 14.1. The van der Waals surface area contributed by atoms with E-state index in [1.165, 1.54) is 25.7 Å². The van der Waals surface area contributed by atoms with Crippen LogP contribution >= 0.6 is 22.6 Å². The summed E-state index contributed by atoms with van der Waals surface area (Å²) < 4.78 is 5.36. The van der Waals surface area contributed by atoms with Gasteiger partial charge in [-0.3, -0.25) is 4.79 Å². The minimum absolute atomic E-state index is 0.0349. The third-order valence-corrected chi connectivity index (χ3v) is 2.95. The Balaban J connectivity index is 3.68. The maximum absolute atomic E-state index is 11.4. The Morgan fingerprint density at radius 1 is 1.27 bits per heavy atom. The summed E-state index contributed by atoms with van der Waals surface area (Å²) in [6.45, 7) is 6.15. The first kappa shape index (κ1) is 15.2. The average molecular weight is 326 g/mol. The average Bonchev–Trinajstić information content (AvgIpc) is 2.22. The number of alkyl halides is 1. The molecule has 2 unspecified atom stereocenters. The molecule has 0 saturated carbocycles. The number of hydrogen-bond donors (Lipinski definition) is 0. The largest absolute Gasteiger partial charge is 0.462 e. The first-order valence-corrected chi connectivity index (χ1v) is 7.20. The van der Waals surface area contributed by atoms with Gasteiger partial charge in [0.1, 0.15) is 10.0 Å². The van der Waals surface area contributed by atoms with Gasteiger partial charge in [-0.05, 0) is 26.2 Å². The molecule has 0 spiro atoms.